The van der Waals surface area contributed by atoms with Crippen LogP contribution in [0.5, 0.6) is 0 Å². The van der Waals surface area contributed by atoms with E-state index in [1.807, 2.05) is 0 Å². The molecular weight excluding hydrogens is 370 g/mol. The van der Waals surface area contributed by atoms with Gasteiger partial charge in [0.15, 0.2) is 0 Å². The second kappa shape index (κ2) is 9.61. The van der Waals surface area contributed by atoms with Crippen LogP contribution in [0.2, 0.25) is 0 Å². The van der Waals surface area contributed by atoms with E-state index in [-0.39, 0.29) is 0 Å². The predicted molar refractivity (Wildman–Crippen MR) is 106 cm³/mol. The van der Waals surface area contributed by atoms with Gasteiger partial charge in [0.25, 0.3) is 10.2 Å². The lowest BCUT2D eigenvalue weighted by atomic mass is 10.2. The lowest BCUT2D eigenvalue weighted by Gasteiger charge is -2.33. The van der Waals surface area contributed by atoms with Crippen LogP contribution in [0.1, 0.15) is 35.4 Å². The first-order chi connectivity index (χ1) is 12.6. The summed E-state index contributed by atoms with van der Waals surface area (Å²) in [5.74, 6) is 0. The van der Waals surface area contributed by atoms with Crippen LogP contribution >= 0.6 is 11.3 Å². The number of rotatable bonds is 8. The molecule has 3 heterocycles. The molecule has 1 aromatic rings. The number of piperidine rings is 1. The van der Waals surface area contributed by atoms with Crippen LogP contribution in [0, 0.1) is 6.92 Å². The van der Waals surface area contributed by atoms with E-state index in [0.29, 0.717) is 26.2 Å². The summed E-state index contributed by atoms with van der Waals surface area (Å²) in [5.41, 5.74) is 0. The Morgan fingerprint density at radius 2 is 1.85 bits per heavy atom. The van der Waals surface area contributed by atoms with Crippen molar-refractivity contribution in [2.45, 2.75) is 39.2 Å². The quantitative estimate of drug-likeness (QED) is 0.671. The Morgan fingerprint density at radius 1 is 1.12 bits per heavy atom. The molecule has 2 aliphatic rings. The van der Waals surface area contributed by atoms with Gasteiger partial charge < -0.3 is 4.74 Å². The molecule has 2 fully saturated rings. The zero-order valence-electron chi connectivity index (χ0n) is 15.7. The average molecular weight is 402 g/mol. The van der Waals surface area contributed by atoms with Gasteiger partial charge in [-0.15, -0.1) is 11.3 Å². The molecule has 8 heteroatoms. The highest BCUT2D eigenvalue weighted by Gasteiger charge is 2.30. The summed E-state index contributed by atoms with van der Waals surface area (Å²) in [6, 6.07) is 4.13. The number of hydrogen-bond donors (Lipinski definition) is 0. The second-order valence-corrected chi connectivity index (χ2v) is 10.4. The van der Waals surface area contributed by atoms with Crippen LogP contribution in [0.3, 0.4) is 0 Å². The van der Waals surface area contributed by atoms with Gasteiger partial charge >= 0.3 is 0 Å². The molecular formula is C18H31N3O3S2. The summed E-state index contributed by atoms with van der Waals surface area (Å²) in [5, 5.41) is 0. The third-order valence-electron chi connectivity index (χ3n) is 5.08. The van der Waals surface area contributed by atoms with Crippen molar-refractivity contribution in [3.63, 3.8) is 0 Å². The van der Waals surface area contributed by atoms with Gasteiger partial charge in [0.1, 0.15) is 0 Å². The molecule has 0 unspecified atom stereocenters. The van der Waals surface area contributed by atoms with E-state index in [9.17, 15) is 8.42 Å². The molecule has 0 radical (unpaired) electrons. The minimum atomic E-state index is -3.39. The van der Waals surface area contributed by atoms with Crippen molar-refractivity contribution in [2.75, 3.05) is 52.5 Å². The highest BCUT2D eigenvalue weighted by molar-refractivity contribution is 7.86. The number of nitrogens with zero attached hydrogens (tertiary/aromatic N) is 3. The van der Waals surface area contributed by atoms with Gasteiger partial charge in [-0.25, -0.2) is 0 Å². The topological polar surface area (TPSA) is 53.1 Å². The van der Waals surface area contributed by atoms with Crippen molar-refractivity contribution in [2.24, 2.45) is 0 Å². The Balaban J connectivity index is 1.64. The normalized spacial score (nSPS) is 20.7. The van der Waals surface area contributed by atoms with Gasteiger partial charge in [0, 0.05) is 49.0 Å². The second-order valence-electron chi connectivity index (χ2n) is 7.12. The maximum absolute atomic E-state index is 13.2. The minimum Gasteiger partial charge on any atom is -0.379 e. The van der Waals surface area contributed by atoms with E-state index in [2.05, 4.69) is 24.0 Å². The standard InChI is InChI=1S/C18H31N3O3S2/c1-17-6-7-18(25-17)16-21(11-5-8-19-12-14-24-15-13-19)26(22,23)20-9-3-2-4-10-20/h6-7H,2-5,8-16H2,1H3. The van der Waals surface area contributed by atoms with Crippen molar-refractivity contribution in [3.05, 3.63) is 21.9 Å². The Kier molecular flexibility index (Phi) is 7.48. The van der Waals surface area contributed by atoms with Crippen LogP contribution in [-0.2, 0) is 21.5 Å². The highest BCUT2D eigenvalue weighted by atomic mass is 32.2. The van der Waals surface area contributed by atoms with Crippen molar-refractivity contribution < 1.29 is 13.2 Å². The lowest BCUT2D eigenvalue weighted by Crippen LogP contribution is -2.46. The summed E-state index contributed by atoms with van der Waals surface area (Å²) < 4.78 is 35.2. The fourth-order valence-electron chi connectivity index (χ4n) is 3.57. The number of aryl methyl sites for hydroxylation is 1. The number of hydrogen-bond acceptors (Lipinski definition) is 5. The van der Waals surface area contributed by atoms with Gasteiger partial charge in [-0.05, 0) is 44.9 Å². The molecule has 2 aliphatic heterocycles. The van der Waals surface area contributed by atoms with Gasteiger partial charge in [-0.3, -0.25) is 4.90 Å². The maximum atomic E-state index is 13.2. The molecule has 0 spiro atoms. The summed E-state index contributed by atoms with van der Waals surface area (Å²) in [7, 11) is -3.39. The number of ether oxygens (including phenoxy) is 1. The van der Waals surface area contributed by atoms with Gasteiger partial charge in [0.05, 0.1) is 13.2 Å². The van der Waals surface area contributed by atoms with E-state index < -0.39 is 10.2 Å². The minimum absolute atomic E-state index is 0.487. The molecule has 3 rings (SSSR count). The first-order valence-corrected chi connectivity index (χ1v) is 11.9. The molecule has 26 heavy (non-hydrogen) atoms. The number of thiophene rings is 1. The molecule has 0 amide bonds. The molecule has 6 nitrogen and oxygen atoms in total. The van der Waals surface area contributed by atoms with Crippen molar-refractivity contribution in [3.8, 4) is 0 Å². The molecule has 0 aliphatic carbocycles. The molecule has 0 aromatic carbocycles. The Labute approximate surface area is 161 Å². The summed E-state index contributed by atoms with van der Waals surface area (Å²) in [6.07, 6.45) is 3.93. The van der Waals surface area contributed by atoms with E-state index in [1.54, 1.807) is 19.9 Å². The fraction of sp³-hybridized carbons (Fsp3) is 0.778. The molecule has 0 N–H and O–H groups in total. The van der Waals surface area contributed by atoms with E-state index in [1.165, 1.54) is 4.88 Å². The predicted octanol–water partition coefficient (Wildman–Crippen LogP) is 2.31. The molecule has 0 atom stereocenters. The van der Waals surface area contributed by atoms with Gasteiger partial charge in [0.2, 0.25) is 0 Å². The third kappa shape index (κ3) is 5.50. The zero-order chi connectivity index (χ0) is 18.4. The van der Waals surface area contributed by atoms with E-state index in [0.717, 1.165) is 63.4 Å². The van der Waals surface area contributed by atoms with Crippen molar-refractivity contribution in [1.29, 1.82) is 0 Å². The van der Waals surface area contributed by atoms with Crippen molar-refractivity contribution in [1.82, 2.24) is 13.5 Å². The first kappa shape index (κ1) is 20.2. The average Bonchev–Trinajstić information content (AvgIpc) is 3.07. The summed E-state index contributed by atoms with van der Waals surface area (Å²) in [4.78, 5) is 4.71. The summed E-state index contributed by atoms with van der Waals surface area (Å²) in [6.45, 7) is 8.83. The maximum Gasteiger partial charge on any atom is 0.282 e. The highest BCUT2D eigenvalue weighted by Crippen LogP contribution is 2.22. The lowest BCUT2D eigenvalue weighted by molar-refractivity contribution is 0.0368. The van der Waals surface area contributed by atoms with Crippen LogP contribution in [0.4, 0.5) is 0 Å². The Morgan fingerprint density at radius 3 is 2.50 bits per heavy atom. The number of morpholine rings is 1. The molecule has 1 aromatic heterocycles. The Bertz CT molecular complexity index is 650. The zero-order valence-corrected chi connectivity index (χ0v) is 17.4. The van der Waals surface area contributed by atoms with Crippen molar-refractivity contribution >= 4 is 21.5 Å². The first-order valence-electron chi connectivity index (χ1n) is 9.66. The summed E-state index contributed by atoms with van der Waals surface area (Å²) >= 11 is 1.69. The van der Waals surface area contributed by atoms with Crippen LogP contribution in [-0.4, -0.2) is 74.4 Å². The molecule has 0 bridgehead atoms. The van der Waals surface area contributed by atoms with Crippen LogP contribution in [0.25, 0.3) is 0 Å². The smallest absolute Gasteiger partial charge is 0.282 e. The third-order valence-corrected chi connectivity index (χ3v) is 8.05. The SMILES string of the molecule is Cc1ccc(CN(CCCN2CCOCC2)S(=O)(=O)N2CCCCC2)s1. The molecule has 148 valence electrons. The van der Waals surface area contributed by atoms with E-state index >= 15 is 0 Å². The van der Waals surface area contributed by atoms with Crippen LogP contribution < -0.4 is 0 Å². The molecule has 0 saturated carbocycles. The van der Waals surface area contributed by atoms with Gasteiger partial charge in [-0.2, -0.15) is 17.0 Å². The van der Waals surface area contributed by atoms with E-state index in [4.69, 9.17) is 4.74 Å². The van der Waals surface area contributed by atoms with Gasteiger partial charge in [-0.1, -0.05) is 6.42 Å². The monoisotopic (exact) mass is 401 g/mol. The Hall–Kier alpha value is -0.510. The van der Waals surface area contributed by atoms with Crippen LogP contribution in [0.15, 0.2) is 12.1 Å². The molecule has 2 saturated heterocycles. The largest absolute Gasteiger partial charge is 0.379 e. The fourth-order valence-corrected chi connectivity index (χ4v) is 6.27.